The van der Waals surface area contributed by atoms with Gasteiger partial charge in [-0.15, -0.1) is 12.4 Å². The molecule has 0 spiro atoms. The summed E-state index contributed by atoms with van der Waals surface area (Å²) in [6.07, 6.45) is 3.85. The Bertz CT molecular complexity index is 939. The standard InChI is InChI=1S/C20H20N4O.ClH/c1-14(15-6-4-3-5-7-15)12-17(21)20-23-18(13-19(25)24(20)2)16-8-10-22-11-9-16;/h3-11,13-14,21H,12H2,1-2H3;1H. The molecular formula is C20H21ClN4O. The number of rotatable bonds is 5. The topological polar surface area (TPSA) is 71.6 Å². The zero-order valence-corrected chi connectivity index (χ0v) is 15.5. The van der Waals surface area contributed by atoms with Gasteiger partial charge in [-0.1, -0.05) is 37.3 Å². The first kappa shape index (κ1) is 19.5. The lowest BCUT2D eigenvalue weighted by atomic mass is 9.95. The van der Waals surface area contributed by atoms with Gasteiger partial charge in [-0.25, -0.2) is 4.98 Å². The average Bonchev–Trinajstić information content (AvgIpc) is 2.65. The average molecular weight is 369 g/mol. The molecule has 0 saturated heterocycles. The van der Waals surface area contributed by atoms with Gasteiger partial charge in [0.25, 0.3) is 5.56 Å². The summed E-state index contributed by atoms with van der Waals surface area (Å²) in [6, 6.07) is 15.2. The lowest BCUT2D eigenvalue weighted by molar-refractivity contribution is 0.767. The van der Waals surface area contributed by atoms with Crippen molar-refractivity contribution in [3.05, 3.63) is 82.7 Å². The molecule has 1 aromatic carbocycles. The first-order valence-corrected chi connectivity index (χ1v) is 8.17. The number of hydrogen-bond acceptors (Lipinski definition) is 4. The van der Waals surface area contributed by atoms with Crippen LogP contribution in [0.4, 0.5) is 0 Å². The molecule has 0 saturated carbocycles. The van der Waals surface area contributed by atoms with Crippen molar-refractivity contribution in [1.82, 2.24) is 14.5 Å². The van der Waals surface area contributed by atoms with Crippen molar-refractivity contribution in [3.63, 3.8) is 0 Å². The van der Waals surface area contributed by atoms with E-state index in [0.717, 1.165) is 5.56 Å². The van der Waals surface area contributed by atoms with Crippen molar-refractivity contribution in [2.75, 3.05) is 0 Å². The highest BCUT2D eigenvalue weighted by molar-refractivity contribution is 5.95. The number of aromatic nitrogens is 3. The van der Waals surface area contributed by atoms with E-state index in [0.29, 0.717) is 23.7 Å². The zero-order valence-electron chi connectivity index (χ0n) is 14.7. The summed E-state index contributed by atoms with van der Waals surface area (Å²) in [5.74, 6) is 0.581. The molecule has 0 aliphatic heterocycles. The third-order valence-corrected chi connectivity index (χ3v) is 4.26. The third kappa shape index (κ3) is 4.24. The van der Waals surface area contributed by atoms with Crippen molar-refractivity contribution in [3.8, 4) is 11.3 Å². The fourth-order valence-electron chi connectivity index (χ4n) is 2.78. The molecule has 0 amide bonds. The Morgan fingerprint density at radius 3 is 2.46 bits per heavy atom. The predicted molar refractivity (Wildman–Crippen MR) is 106 cm³/mol. The Kier molecular flexibility index (Phi) is 6.41. The number of halogens is 1. The molecule has 134 valence electrons. The van der Waals surface area contributed by atoms with E-state index in [2.05, 4.69) is 29.0 Å². The number of nitrogens with zero attached hydrogens (tertiary/aromatic N) is 3. The van der Waals surface area contributed by atoms with Gasteiger partial charge in [0.05, 0.1) is 11.4 Å². The summed E-state index contributed by atoms with van der Waals surface area (Å²) < 4.78 is 1.44. The molecule has 3 aromatic rings. The minimum Gasteiger partial charge on any atom is -0.301 e. The van der Waals surface area contributed by atoms with Crippen LogP contribution in [-0.2, 0) is 7.05 Å². The number of benzene rings is 1. The van der Waals surface area contributed by atoms with Crippen molar-refractivity contribution < 1.29 is 0 Å². The maximum atomic E-state index is 12.3. The van der Waals surface area contributed by atoms with Gasteiger partial charge < -0.3 is 5.41 Å². The van der Waals surface area contributed by atoms with E-state index in [4.69, 9.17) is 5.41 Å². The Morgan fingerprint density at radius 2 is 1.81 bits per heavy atom. The van der Waals surface area contributed by atoms with E-state index in [1.54, 1.807) is 19.4 Å². The minimum absolute atomic E-state index is 0. The third-order valence-electron chi connectivity index (χ3n) is 4.26. The second kappa shape index (κ2) is 8.54. The van der Waals surface area contributed by atoms with Crippen molar-refractivity contribution in [2.45, 2.75) is 19.3 Å². The highest BCUT2D eigenvalue weighted by atomic mass is 35.5. The summed E-state index contributed by atoms with van der Waals surface area (Å²) in [7, 11) is 1.66. The highest BCUT2D eigenvalue weighted by Gasteiger charge is 2.15. The molecule has 0 aliphatic carbocycles. The summed E-state index contributed by atoms with van der Waals surface area (Å²) in [5, 5.41) is 8.47. The maximum Gasteiger partial charge on any atom is 0.254 e. The molecular weight excluding hydrogens is 348 g/mol. The van der Waals surface area contributed by atoms with Crippen molar-refractivity contribution in [2.24, 2.45) is 7.05 Å². The molecule has 1 N–H and O–H groups in total. The number of nitrogens with one attached hydrogen (secondary N) is 1. The van der Waals surface area contributed by atoms with Gasteiger partial charge >= 0.3 is 0 Å². The molecule has 3 rings (SSSR count). The van der Waals surface area contributed by atoms with Crippen LogP contribution in [0, 0.1) is 5.41 Å². The van der Waals surface area contributed by atoms with Crippen LogP contribution in [0.3, 0.4) is 0 Å². The van der Waals surface area contributed by atoms with Gasteiger partial charge in [-0.05, 0) is 30.0 Å². The van der Waals surface area contributed by atoms with E-state index >= 15 is 0 Å². The largest absolute Gasteiger partial charge is 0.301 e. The van der Waals surface area contributed by atoms with Crippen LogP contribution in [0.5, 0.6) is 0 Å². The smallest absolute Gasteiger partial charge is 0.254 e. The Morgan fingerprint density at radius 1 is 1.15 bits per heavy atom. The lowest BCUT2D eigenvalue weighted by Crippen LogP contribution is -2.25. The normalized spacial score (nSPS) is 11.5. The molecule has 0 radical (unpaired) electrons. The van der Waals surface area contributed by atoms with Crippen molar-refractivity contribution >= 4 is 18.1 Å². The van der Waals surface area contributed by atoms with E-state index < -0.39 is 0 Å². The minimum atomic E-state index is -0.172. The van der Waals surface area contributed by atoms with Crippen LogP contribution in [0.2, 0.25) is 0 Å². The predicted octanol–water partition coefficient (Wildman–Crippen LogP) is 3.83. The van der Waals surface area contributed by atoms with Gasteiger partial charge in [0.15, 0.2) is 5.82 Å². The number of pyridine rings is 1. The fraction of sp³-hybridized carbons (Fsp3) is 0.200. The molecule has 26 heavy (non-hydrogen) atoms. The molecule has 1 atom stereocenters. The van der Waals surface area contributed by atoms with Crippen LogP contribution in [0.1, 0.15) is 30.7 Å². The van der Waals surface area contributed by atoms with E-state index in [-0.39, 0.29) is 23.9 Å². The second-order valence-corrected chi connectivity index (χ2v) is 6.09. The summed E-state index contributed by atoms with van der Waals surface area (Å²) in [5.41, 5.74) is 2.73. The quantitative estimate of drug-likeness (QED) is 0.696. The van der Waals surface area contributed by atoms with Crippen molar-refractivity contribution in [1.29, 1.82) is 5.41 Å². The molecule has 1 unspecified atom stereocenters. The van der Waals surface area contributed by atoms with Crippen LogP contribution in [0.25, 0.3) is 11.3 Å². The molecule has 5 nitrogen and oxygen atoms in total. The maximum absolute atomic E-state index is 12.3. The molecule has 0 fully saturated rings. The molecule has 2 heterocycles. The van der Waals surface area contributed by atoms with Crippen LogP contribution in [0.15, 0.2) is 65.7 Å². The lowest BCUT2D eigenvalue weighted by Gasteiger charge is -2.15. The zero-order chi connectivity index (χ0) is 17.8. The van der Waals surface area contributed by atoms with Crippen LogP contribution in [-0.4, -0.2) is 20.2 Å². The highest BCUT2D eigenvalue weighted by Crippen LogP contribution is 2.21. The Labute approximate surface area is 158 Å². The van der Waals surface area contributed by atoms with Gasteiger partial charge in [0.1, 0.15) is 0 Å². The monoisotopic (exact) mass is 368 g/mol. The van der Waals surface area contributed by atoms with Crippen LogP contribution < -0.4 is 5.56 Å². The fourth-order valence-corrected chi connectivity index (χ4v) is 2.78. The second-order valence-electron chi connectivity index (χ2n) is 6.09. The number of hydrogen-bond donors (Lipinski definition) is 1. The summed E-state index contributed by atoms with van der Waals surface area (Å²) >= 11 is 0. The van der Waals surface area contributed by atoms with Gasteiger partial charge in [-0.3, -0.25) is 14.3 Å². The van der Waals surface area contributed by atoms with Gasteiger partial charge in [0, 0.05) is 31.1 Å². The van der Waals surface area contributed by atoms with E-state index in [1.807, 2.05) is 30.3 Å². The first-order valence-electron chi connectivity index (χ1n) is 8.17. The Balaban J connectivity index is 0.00000243. The van der Waals surface area contributed by atoms with Gasteiger partial charge in [-0.2, -0.15) is 0 Å². The van der Waals surface area contributed by atoms with Crippen LogP contribution >= 0.6 is 12.4 Å². The SMILES string of the molecule is CC(CC(=N)c1nc(-c2ccncc2)cc(=O)n1C)c1ccccc1.Cl. The molecule has 0 aliphatic rings. The molecule has 6 heteroatoms. The molecule has 0 bridgehead atoms. The molecule has 2 aromatic heterocycles. The first-order chi connectivity index (χ1) is 12.1. The Hall–Kier alpha value is -2.79. The summed E-state index contributed by atoms with van der Waals surface area (Å²) in [4.78, 5) is 20.9. The van der Waals surface area contributed by atoms with Gasteiger partial charge in [0.2, 0.25) is 0 Å². The summed E-state index contributed by atoms with van der Waals surface area (Å²) in [6.45, 7) is 2.08. The van der Waals surface area contributed by atoms with E-state index in [9.17, 15) is 4.79 Å². The van der Waals surface area contributed by atoms with E-state index in [1.165, 1.54) is 16.2 Å².